The summed E-state index contributed by atoms with van der Waals surface area (Å²) in [6, 6.07) is 10.1. The molecule has 0 fully saturated rings. The molecule has 0 aliphatic carbocycles. The van der Waals surface area contributed by atoms with Gasteiger partial charge in [-0.15, -0.1) is 10.2 Å². The summed E-state index contributed by atoms with van der Waals surface area (Å²) in [6.07, 6.45) is 0. The second kappa shape index (κ2) is 5.61. The number of carbonyl (C=O) groups is 1. The van der Waals surface area contributed by atoms with E-state index in [9.17, 15) is 4.79 Å². The quantitative estimate of drug-likeness (QED) is 0.731. The van der Waals surface area contributed by atoms with E-state index in [0.717, 1.165) is 34.9 Å². The summed E-state index contributed by atoms with van der Waals surface area (Å²) in [7, 11) is 0. The summed E-state index contributed by atoms with van der Waals surface area (Å²) in [6.45, 7) is 2.87. The lowest BCUT2D eigenvalue weighted by atomic mass is 10.2. The fraction of sp³-hybridized carbons (Fsp3) is 0.214. The monoisotopic (exact) mass is 302 g/mol. The van der Waals surface area contributed by atoms with Gasteiger partial charge in [-0.25, -0.2) is 0 Å². The molecule has 0 aliphatic rings. The normalized spacial score (nSPS) is 11.1. The fourth-order valence-corrected chi connectivity index (χ4v) is 2.73. The predicted molar refractivity (Wildman–Crippen MR) is 80.8 cm³/mol. The van der Waals surface area contributed by atoms with Gasteiger partial charge in [0.15, 0.2) is 0 Å². The van der Waals surface area contributed by atoms with Crippen molar-refractivity contribution in [3.63, 3.8) is 0 Å². The number of rotatable bonds is 5. The van der Waals surface area contributed by atoms with Crippen LogP contribution in [0.1, 0.15) is 6.92 Å². The van der Waals surface area contributed by atoms with Gasteiger partial charge in [0, 0.05) is 17.4 Å². The number of nitrogens with zero attached hydrogens (tertiary/aromatic N) is 3. The van der Waals surface area contributed by atoms with E-state index in [1.165, 1.54) is 0 Å². The van der Waals surface area contributed by atoms with E-state index < -0.39 is 5.91 Å². The van der Waals surface area contributed by atoms with Crippen LogP contribution in [0.3, 0.4) is 0 Å². The van der Waals surface area contributed by atoms with Gasteiger partial charge in [-0.2, -0.15) is 0 Å². The molecule has 0 saturated carbocycles. The first-order valence-corrected chi connectivity index (χ1v) is 7.51. The average molecular weight is 302 g/mol. The summed E-state index contributed by atoms with van der Waals surface area (Å²) in [5.41, 5.74) is 7.10. The van der Waals surface area contributed by atoms with Crippen LogP contribution in [0, 0.1) is 0 Å². The Balaban J connectivity index is 1.98. The van der Waals surface area contributed by atoms with Gasteiger partial charge in [-0.1, -0.05) is 30.0 Å². The third-order valence-electron chi connectivity index (χ3n) is 3.09. The van der Waals surface area contributed by atoms with Gasteiger partial charge in [0.25, 0.3) is 11.1 Å². The van der Waals surface area contributed by atoms with E-state index in [0.29, 0.717) is 11.1 Å². The first-order valence-electron chi connectivity index (χ1n) is 6.52. The number of thioether (sulfide) groups is 1. The fourth-order valence-electron chi connectivity index (χ4n) is 2.23. The second-order valence-electron chi connectivity index (χ2n) is 4.46. The zero-order valence-corrected chi connectivity index (χ0v) is 12.3. The molecule has 3 rings (SSSR count). The maximum atomic E-state index is 10.8. The molecule has 2 N–H and O–H groups in total. The predicted octanol–water partition coefficient (Wildman–Crippen LogP) is 2.29. The number of benzene rings is 1. The molecule has 0 aliphatic heterocycles. The number of aromatic nitrogens is 3. The zero-order chi connectivity index (χ0) is 14.8. The molecule has 0 radical (unpaired) electrons. The molecular formula is C14H14N4O2S. The Bertz CT molecular complexity index is 793. The van der Waals surface area contributed by atoms with Crippen LogP contribution in [0.2, 0.25) is 0 Å². The Morgan fingerprint density at radius 1 is 1.38 bits per heavy atom. The van der Waals surface area contributed by atoms with Crippen molar-refractivity contribution in [1.29, 1.82) is 0 Å². The van der Waals surface area contributed by atoms with Crippen molar-refractivity contribution in [3.8, 4) is 11.6 Å². The summed E-state index contributed by atoms with van der Waals surface area (Å²) < 4.78 is 7.72. The van der Waals surface area contributed by atoms with Gasteiger partial charge in [-0.3, -0.25) is 4.79 Å². The molecule has 0 saturated heterocycles. The van der Waals surface area contributed by atoms with Crippen molar-refractivity contribution >= 4 is 28.6 Å². The van der Waals surface area contributed by atoms with Crippen LogP contribution in [0.25, 0.3) is 22.5 Å². The SMILES string of the molecule is CCn1c(-c2nnc(SCC(N)=O)o2)cc2ccccc21. The average Bonchev–Trinajstić information content (AvgIpc) is 3.08. The van der Waals surface area contributed by atoms with Crippen LogP contribution in [0.5, 0.6) is 0 Å². The molecule has 0 bridgehead atoms. The van der Waals surface area contributed by atoms with Crippen LogP contribution < -0.4 is 5.73 Å². The van der Waals surface area contributed by atoms with E-state index in [1.807, 2.05) is 24.3 Å². The Labute approximate surface area is 125 Å². The van der Waals surface area contributed by atoms with Crippen molar-refractivity contribution in [1.82, 2.24) is 14.8 Å². The van der Waals surface area contributed by atoms with Gasteiger partial charge in [0.2, 0.25) is 5.91 Å². The van der Waals surface area contributed by atoms with Gasteiger partial charge in [0.05, 0.1) is 5.75 Å². The first-order chi connectivity index (χ1) is 10.2. The van der Waals surface area contributed by atoms with E-state index >= 15 is 0 Å². The van der Waals surface area contributed by atoms with Crippen molar-refractivity contribution in [2.75, 3.05) is 5.75 Å². The van der Waals surface area contributed by atoms with E-state index in [1.54, 1.807) is 0 Å². The maximum absolute atomic E-state index is 10.8. The summed E-state index contributed by atoms with van der Waals surface area (Å²) in [4.78, 5) is 10.8. The molecule has 0 spiro atoms. The summed E-state index contributed by atoms with van der Waals surface area (Å²) in [5.74, 6) is 0.153. The van der Waals surface area contributed by atoms with Crippen molar-refractivity contribution < 1.29 is 9.21 Å². The minimum atomic E-state index is -0.414. The molecule has 1 amide bonds. The molecule has 0 unspecified atom stereocenters. The smallest absolute Gasteiger partial charge is 0.277 e. The Hall–Kier alpha value is -2.28. The lowest BCUT2D eigenvalue weighted by Crippen LogP contribution is -2.12. The van der Waals surface area contributed by atoms with Gasteiger partial charge < -0.3 is 14.7 Å². The lowest BCUT2D eigenvalue weighted by molar-refractivity contribution is -0.115. The number of hydrogen-bond donors (Lipinski definition) is 1. The minimum absolute atomic E-state index is 0.123. The Kier molecular flexibility index (Phi) is 3.66. The van der Waals surface area contributed by atoms with Gasteiger partial charge in [-0.05, 0) is 19.1 Å². The lowest BCUT2D eigenvalue weighted by Gasteiger charge is -2.03. The number of fused-ring (bicyclic) bond motifs is 1. The van der Waals surface area contributed by atoms with Crippen molar-refractivity contribution in [2.24, 2.45) is 5.73 Å². The number of amides is 1. The van der Waals surface area contributed by atoms with Crippen LogP contribution >= 0.6 is 11.8 Å². The Morgan fingerprint density at radius 3 is 2.95 bits per heavy atom. The maximum Gasteiger partial charge on any atom is 0.277 e. The van der Waals surface area contributed by atoms with Crippen molar-refractivity contribution in [2.45, 2.75) is 18.7 Å². The van der Waals surface area contributed by atoms with Gasteiger partial charge in [0.1, 0.15) is 5.69 Å². The highest BCUT2D eigenvalue weighted by Gasteiger charge is 2.15. The highest BCUT2D eigenvalue weighted by atomic mass is 32.2. The summed E-state index contributed by atoms with van der Waals surface area (Å²) >= 11 is 1.14. The van der Waals surface area contributed by atoms with Gasteiger partial charge >= 0.3 is 0 Å². The number of carbonyl (C=O) groups excluding carboxylic acids is 1. The molecule has 6 nitrogen and oxygen atoms in total. The van der Waals surface area contributed by atoms with Crippen molar-refractivity contribution in [3.05, 3.63) is 30.3 Å². The third-order valence-corrected chi connectivity index (χ3v) is 3.93. The number of para-hydroxylation sites is 1. The number of hydrogen-bond acceptors (Lipinski definition) is 5. The molecule has 3 aromatic rings. The molecule has 2 heterocycles. The topological polar surface area (TPSA) is 86.9 Å². The van der Waals surface area contributed by atoms with E-state index in [2.05, 4.69) is 27.8 Å². The highest BCUT2D eigenvalue weighted by Crippen LogP contribution is 2.29. The number of primary amides is 1. The molecule has 7 heteroatoms. The Morgan fingerprint density at radius 2 is 2.19 bits per heavy atom. The van der Waals surface area contributed by atoms with Crippen LogP contribution in [-0.2, 0) is 11.3 Å². The van der Waals surface area contributed by atoms with Crippen LogP contribution in [0.4, 0.5) is 0 Å². The second-order valence-corrected chi connectivity index (χ2v) is 5.39. The third kappa shape index (κ3) is 2.64. The largest absolute Gasteiger partial charge is 0.410 e. The molecule has 2 aromatic heterocycles. The van der Waals surface area contributed by atoms with E-state index in [-0.39, 0.29) is 5.75 Å². The van der Waals surface area contributed by atoms with E-state index in [4.69, 9.17) is 10.2 Å². The van der Waals surface area contributed by atoms with Crippen LogP contribution in [0.15, 0.2) is 40.0 Å². The molecule has 21 heavy (non-hydrogen) atoms. The number of aryl methyl sites for hydroxylation is 1. The zero-order valence-electron chi connectivity index (χ0n) is 11.4. The highest BCUT2D eigenvalue weighted by molar-refractivity contribution is 7.99. The summed E-state index contributed by atoms with van der Waals surface area (Å²) in [5, 5.41) is 9.46. The molecule has 108 valence electrons. The first kappa shape index (κ1) is 13.7. The molecule has 1 aromatic carbocycles. The minimum Gasteiger partial charge on any atom is -0.410 e. The molecule has 0 atom stereocenters. The number of nitrogens with two attached hydrogens (primary N) is 1. The van der Waals surface area contributed by atoms with Crippen LogP contribution in [-0.4, -0.2) is 26.4 Å². The standard InChI is InChI=1S/C14H14N4O2S/c1-2-18-10-6-4-3-5-9(10)7-11(18)13-16-17-14(20-13)21-8-12(15)19/h3-7H,2,8H2,1H3,(H2,15,19). The molecular weight excluding hydrogens is 288 g/mol.